The second kappa shape index (κ2) is 4.50. The van der Waals surface area contributed by atoms with Gasteiger partial charge in [-0.25, -0.2) is 0 Å². The average Bonchev–Trinajstić information content (AvgIpc) is 2.86. The first-order valence-corrected chi connectivity index (χ1v) is 7.21. The molecule has 1 aliphatic heterocycles. The molecule has 1 heterocycles. The van der Waals surface area contributed by atoms with E-state index in [2.05, 4.69) is 20.8 Å². The van der Waals surface area contributed by atoms with Crippen LogP contribution in [0.1, 0.15) is 41.0 Å². The minimum Gasteiger partial charge on any atom is -0.481 e. The summed E-state index contributed by atoms with van der Waals surface area (Å²) in [5.74, 6) is -0.666. The maximum absolute atomic E-state index is 12.7. The molecule has 19 heavy (non-hydrogen) atoms. The Morgan fingerprint density at radius 1 is 1.16 bits per heavy atom. The van der Waals surface area contributed by atoms with E-state index in [-0.39, 0.29) is 17.9 Å². The van der Waals surface area contributed by atoms with Crippen LogP contribution < -0.4 is 0 Å². The molecule has 0 radical (unpaired) electrons. The van der Waals surface area contributed by atoms with Gasteiger partial charge in [-0.15, -0.1) is 0 Å². The van der Waals surface area contributed by atoms with E-state index < -0.39 is 17.3 Å². The van der Waals surface area contributed by atoms with Crippen molar-refractivity contribution in [3.8, 4) is 0 Å². The van der Waals surface area contributed by atoms with E-state index in [1.807, 2.05) is 18.7 Å². The summed E-state index contributed by atoms with van der Waals surface area (Å²) >= 11 is 0. The van der Waals surface area contributed by atoms with Gasteiger partial charge in [0.05, 0.1) is 11.8 Å². The number of likely N-dealkylation sites (tertiary alicyclic amines) is 1. The lowest BCUT2D eigenvalue weighted by atomic mass is 9.85. The third-order valence-corrected chi connectivity index (χ3v) is 5.24. The molecule has 2 fully saturated rings. The molecule has 1 saturated carbocycles. The minimum atomic E-state index is -0.839. The predicted molar refractivity (Wildman–Crippen MR) is 72.5 cm³/mol. The van der Waals surface area contributed by atoms with E-state index in [0.717, 1.165) is 13.0 Å². The quantitative estimate of drug-likeness (QED) is 0.834. The first-order chi connectivity index (χ1) is 8.67. The molecule has 4 nitrogen and oxygen atoms in total. The molecule has 108 valence electrons. The number of carboxylic acid groups (broad SMARTS) is 1. The van der Waals surface area contributed by atoms with Crippen molar-refractivity contribution in [2.45, 2.75) is 47.1 Å². The van der Waals surface area contributed by atoms with Crippen molar-refractivity contribution < 1.29 is 14.7 Å². The van der Waals surface area contributed by atoms with Gasteiger partial charge in [0, 0.05) is 12.6 Å². The van der Waals surface area contributed by atoms with E-state index in [1.165, 1.54) is 0 Å². The van der Waals surface area contributed by atoms with Gasteiger partial charge in [0.25, 0.3) is 0 Å². The molecule has 4 heteroatoms. The number of carboxylic acids is 1. The number of carbonyl (C=O) groups excluding carboxylic acids is 1. The van der Waals surface area contributed by atoms with Gasteiger partial charge in [0.15, 0.2) is 0 Å². The Balaban J connectivity index is 2.14. The standard InChI is InChI=1S/C15H25NO3/c1-8-6-9(2)10(3)16(7-8)13(17)11-12(14(18)19)15(11,4)5/h8-12H,6-7H2,1-5H3,(H,18,19)/t8?,9?,10?,11-,12+/m1/s1. The van der Waals surface area contributed by atoms with Crippen molar-refractivity contribution >= 4 is 11.9 Å². The van der Waals surface area contributed by atoms with Gasteiger partial charge in [-0.2, -0.15) is 0 Å². The lowest BCUT2D eigenvalue weighted by molar-refractivity contribution is -0.144. The Labute approximate surface area is 115 Å². The van der Waals surface area contributed by atoms with E-state index in [0.29, 0.717) is 11.8 Å². The number of rotatable bonds is 2. The summed E-state index contributed by atoms with van der Waals surface area (Å²) in [6, 6.07) is 0.217. The normalized spacial score (nSPS) is 40.9. The summed E-state index contributed by atoms with van der Waals surface area (Å²) in [7, 11) is 0. The lowest BCUT2D eigenvalue weighted by Crippen LogP contribution is -2.50. The maximum atomic E-state index is 12.7. The Hall–Kier alpha value is -1.06. The smallest absolute Gasteiger partial charge is 0.307 e. The average molecular weight is 267 g/mol. The number of amides is 1. The molecular weight excluding hydrogens is 242 g/mol. The zero-order valence-electron chi connectivity index (χ0n) is 12.5. The summed E-state index contributed by atoms with van der Waals surface area (Å²) < 4.78 is 0. The molecule has 0 aromatic heterocycles. The molecule has 1 saturated heterocycles. The number of nitrogens with zero attached hydrogens (tertiary/aromatic N) is 1. The van der Waals surface area contributed by atoms with Crippen LogP contribution in [-0.2, 0) is 9.59 Å². The highest BCUT2D eigenvalue weighted by atomic mass is 16.4. The number of hydrogen-bond acceptors (Lipinski definition) is 2. The van der Waals surface area contributed by atoms with Crippen LogP contribution >= 0.6 is 0 Å². The van der Waals surface area contributed by atoms with Crippen molar-refractivity contribution in [3.05, 3.63) is 0 Å². The first kappa shape index (κ1) is 14.4. The van der Waals surface area contributed by atoms with Gasteiger partial charge >= 0.3 is 5.97 Å². The largest absolute Gasteiger partial charge is 0.481 e. The monoisotopic (exact) mass is 267 g/mol. The van der Waals surface area contributed by atoms with Crippen molar-refractivity contribution in [2.75, 3.05) is 6.54 Å². The Morgan fingerprint density at radius 3 is 2.21 bits per heavy atom. The lowest BCUT2D eigenvalue weighted by Gasteiger charge is -2.41. The molecular formula is C15H25NO3. The highest BCUT2D eigenvalue weighted by Gasteiger charge is 2.67. The molecule has 0 aromatic rings. The van der Waals surface area contributed by atoms with Crippen molar-refractivity contribution in [3.63, 3.8) is 0 Å². The second-order valence-electron chi connectivity index (χ2n) is 7.16. The van der Waals surface area contributed by atoms with Gasteiger partial charge in [-0.05, 0) is 30.6 Å². The third-order valence-electron chi connectivity index (χ3n) is 5.24. The van der Waals surface area contributed by atoms with Crippen LogP contribution in [0.5, 0.6) is 0 Å². The summed E-state index contributed by atoms with van der Waals surface area (Å²) in [4.78, 5) is 25.8. The molecule has 1 aliphatic carbocycles. The SMILES string of the molecule is CC1CC(C)C(C)N(C(=O)[C@H]2[C@@H](C(=O)O)C2(C)C)C1. The van der Waals surface area contributed by atoms with E-state index in [1.54, 1.807) is 0 Å². The first-order valence-electron chi connectivity index (χ1n) is 7.21. The van der Waals surface area contributed by atoms with Gasteiger partial charge in [0.2, 0.25) is 5.91 Å². The molecule has 2 aliphatic rings. The van der Waals surface area contributed by atoms with E-state index in [4.69, 9.17) is 0 Å². The second-order valence-corrected chi connectivity index (χ2v) is 7.16. The van der Waals surface area contributed by atoms with Crippen molar-refractivity contribution in [1.29, 1.82) is 0 Å². The number of hydrogen-bond donors (Lipinski definition) is 1. The molecule has 5 atom stereocenters. The topological polar surface area (TPSA) is 57.6 Å². The zero-order chi connectivity index (χ0) is 14.5. The molecule has 1 N–H and O–H groups in total. The molecule has 0 spiro atoms. The summed E-state index contributed by atoms with van der Waals surface area (Å²) in [6.07, 6.45) is 1.14. The summed E-state index contributed by atoms with van der Waals surface area (Å²) in [6.45, 7) is 11.0. The fourth-order valence-corrected chi connectivity index (χ4v) is 3.74. The van der Waals surface area contributed by atoms with Crippen LogP contribution in [0.2, 0.25) is 0 Å². The Bertz CT molecular complexity index is 404. The minimum absolute atomic E-state index is 0.0447. The summed E-state index contributed by atoms with van der Waals surface area (Å²) in [5, 5.41) is 9.21. The summed E-state index contributed by atoms with van der Waals surface area (Å²) in [5.41, 5.74) is -0.396. The Morgan fingerprint density at radius 2 is 1.74 bits per heavy atom. The molecule has 3 unspecified atom stereocenters. The van der Waals surface area contributed by atoms with Gasteiger partial charge in [-0.3, -0.25) is 9.59 Å². The zero-order valence-corrected chi connectivity index (χ0v) is 12.5. The molecule has 0 aromatic carbocycles. The van der Waals surface area contributed by atoms with Crippen LogP contribution in [-0.4, -0.2) is 34.5 Å². The third kappa shape index (κ3) is 2.26. The Kier molecular flexibility index (Phi) is 3.40. The van der Waals surface area contributed by atoms with Gasteiger partial charge < -0.3 is 10.0 Å². The molecule has 2 rings (SSSR count). The van der Waals surface area contributed by atoms with Gasteiger partial charge in [0.1, 0.15) is 0 Å². The highest BCUT2D eigenvalue weighted by Crippen LogP contribution is 2.59. The van der Waals surface area contributed by atoms with E-state index >= 15 is 0 Å². The van der Waals surface area contributed by atoms with Crippen LogP contribution in [0, 0.1) is 29.1 Å². The van der Waals surface area contributed by atoms with E-state index in [9.17, 15) is 14.7 Å². The predicted octanol–water partition coefficient (Wildman–Crippen LogP) is 2.24. The van der Waals surface area contributed by atoms with Gasteiger partial charge in [-0.1, -0.05) is 27.7 Å². The highest BCUT2D eigenvalue weighted by molar-refractivity contribution is 5.91. The van der Waals surface area contributed by atoms with Crippen molar-refractivity contribution in [1.82, 2.24) is 4.90 Å². The number of carbonyl (C=O) groups is 2. The maximum Gasteiger partial charge on any atom is 0.307 e. The van der Waals surface area contributed by atoms with Crippen LogP contribution in [0.3, 0.4) is 0 Å². The number of aliphatic carboxylic acids is 1. The fourth-order valence-electron chi connectivity index (χ4n) is 3.74. The van der Waals surface area contributed by atoms with Crippen LogP contribution in [0.25, 0.3) is 0 Å². The number of piperidine rings is 1. The van der Waals surface area contributed by atoms with Crippen LogP contribution in [0.4, 0.5) is 0 Å². The van der Waals surface area contributed by atoms with Crippen LogP contribution in [0.15, 0.2) is 0 Å². The fraction of sp³-hybridized carbons (Fsp3) is 0.867. The van der Waals surface area contributed by atoms with Crippen molar-refractivity contribution in [2.24, 2.45) is 29.1 Å². The molecule has 1 amide bonds. The molecule has 0 bridgehead atoms.